The molecule has 0 fully saturated rings. The average molecular weight is 296 g/mol. The summed E-state index contributed by atoms with van der Waals surface area (Å²) >= 11 is 3.27. The van der Waals surface area contributed by atoms with E-state index in [1.54, 1.807) is 18.2 Å². The number of carbonyl (C=O) groups is 1. The van der Waals surface area contributed by atoms with Gasteiger partial charge in [-0.1, -0.05) is 22.9 Å². The van der Waals surface area contributed by atoms with Gasteiger partial charge in [0.1, 0.15) is 6.07 Å². The fraction of sp³-hybridized carbons (Fsp3) is 0.333. The number of amides is 1. The molecule has 1 aromatic carbocycles. The molecule has 3 N–H and O–H groups in total. The molecule has 0 heterocycles. The molecule has 0 saturated carbocycles. The second-order valence-corrected chi connectivity index (χ2v) is 4.64. The van der Waals surface area contributed by atoms with E-state index in [2.05, 4.69) is 21.2 Å². The molecular formula is C12H14BrN3O. The van der Waals surface area contributed by atoms with Crippen LogP contribution in [0, 0.1) is 11.3 Å². The molecule has 90 valence electrons. The van der Waals surface area contributed by atoms with Crippen LogP contribution >= 0.6 is 15.9 Å². The summed E-state index contributed by atoms with van der Waals surface area (Å²) in [5.41, 5.74) is 6.63. The maximum absolute atomic E-state index is 11.6. The molecule has 1 unspecified atom stereocenters. The standard InChI is InChI=1S/C12H14BrN3O/c1-2-10(15)6-12(17)16-11-4-3-9(13)5-8(11)7-14/h3-5,10H,2,6,15H2,1H3,(H,16,17). The van der Waals surface area contributed by atoms with Crippen LogP contribution in [0.5, 0.6) is 0 Å². The molecule has 0 aliphatic carbocycles. The van der Waals surface area contributed by atoms with Crippen molar-refractivity contribution in [2.75, 3.05) is 5.32 Å². The summed E-state index contributed by atoms with van der Waals surface area (Å²) in [6.07, 6.45) is 1.01. The number of hydrogen-bond acceptors (Lipinski definition) is 3. The lowest BCUT2D eigenvalue weighted by Crippen LogP contribution is -2.26. The van der Waals surface area contributed by atoms with Gasteiger partial charge >= 0.3 is 0 Å². The summed E-state index contributed by atoms with van der Waals surface area (Å²) in [4.78, 5) is 11.6. The number of rotatable bonds is 4. The number of hydrogen-bond donors (Lipinski definition) is 2. The highest BCUT2D eigenvalue weighted by molar-refractivity contribution is 9.10. The number of nitriles is 1. The first kappa shape index (κ1) is 13.7. The van der Waals surface area contributed by atoms with Gasteiger partial charge in [-0.05, 0) is 24.6 Å². The van der Waals surface area contributed by atoms with E-state index in [1.165, 1.54) is 0 Å². The van der Waals surface area contributed by atoms with Gasteiger partial charge in [-0.15, -0.1) is 0 Å². The van der Waals surface area contributed by atoms with E-state index < -0.39 is 0 Å². The summed E-state index contributed by atoms with van der Waals surface area (Å²) in [6, 6.07) is 7.02. The van der Waals surface area contributed by atoms with E-state index >= 15 is 0 Å². The Balaban J connectivity index is 2.75. The van der Waals surface area contributed by atoms with E-state index in [1.807, 2.05) is 13.0 Å². The molecule has 0 saturated heterocycles. The number of nitrogens with one attached hydrogen (secondary N) is 1. The highest BCUT2D eigenvalue weighted by Gasteiger charge is 2.10. The molecule has 1 amide bonds. The van der Waals surface area contributed by atoms with Crippen LogP contribution in [0.1, 0.15) is 25.3 Å². The highest BCUT2D eigenvalue weighted by atomic mass is 79.9. The van der Waals surface area contributed by atoms with Gasteiger partial charge in [0.25, 0.3) is 0 Å². The number of benzene rings is 1. The van der Waals surface area contributed by atoms with Crippen molar-refractivity contribution in [3.8, 4) is 6.07 Å². The lowest BCUT2D eigenvalue weighted by Gasteiger charge is -2.10. The van der Waals surface area contributed by atoms with Gasteiger partial charge in [-0.2, -0.15) is 5.26 Å². The minimum absolute atomic E-state index is 0.143. The van der Waals surface area contributed by atoms with Crippen LogP contribution in [-0.2, 0) is 4.79 Å². The molecule has 1 aromatic rings. The molecular weight excluding hydrogens is 282 g/mol. The Kier molecular flexibility index (Phi) is 5.13. The Bertz CT molecular complexity index is 454. The van der Waals surface area contributed by atoms with Gasteiger partial charge < -0.3 is 11.1 Å². The third kappa shape index (κ3) is 4.17. The molecule has 0 aromatic heterocycles. The van der Waals surface area contributed by atoms with E-state index in [0.29, 0.717) is 11.3 Å². The Hall–Kier alpha value is -1.38. The topological polar surface area (TPSA) is 78.9 Å². The second-order valence-electron chi connectivity index (χ2n) is 3.72. The summed E-state index contributed by atoms with van der Waals surface area (Å²) < 4.78 is 0.803. The number of halogens is 1. The Morgan fingerprint density at radius 3 is 2.94 bits per heavy atom. The van der Waals surface area contributed by atoms with Crippen LogP contribution in [0.2, 0.25) is 0 Å². The van der Waals surface area contributed by atoms with Crippen molar-refractivity contribution in [1.82, 2.24) is 0 Å². The van der Waals surface area contributed by atoms with E-state index in [9.17, 15) is 4.79 Å². The van der Waals surface area contributed by atoms with Gasteiger partial charge in [0.05, 0.1) is 11.3 Å². The zero-order chi connectivity index (χ0) is 12.8. The summed E-state index contributed by atoms with van der Waals surface area (Å²) in [6.45, 7) is 1.93. The molecule has 5 heteroatoms. The lowest BCUT2D eigenvalue weighted by molar-refractivity contribution is -0.116. The van der Waals surface area contributed by atoms with Crippen molar-refractivity contribution in [3.05, 3.63) is 28.2 Å². The predicted molar refractivity (Wildman–Crippen MR) is 70.4 cm³/mol. The first-order chi connectivity index (χ1) is 8.06. The van der Waals surface area contributed by atoms with Crippen molar-refractivity contribution in [2.45, 2.75) is 25.8 Å². The third-order valence-electron chi connectivity index (χ3n) is 2.35. The average Bonchev–Trinajstić information content (AvgIpc) is 2.31. The molecule has 1 rings (SSSR count). The first-order valence-corrected chi connectivity index (χ1v) is 6.11. The van der Waals surface area contributed by atoms with Crippen molar-refractivity contribution in [1.29, 1.82) is 5.26 Å². The molecule has 1 atom stereocenters. The van der Waals surface area contributed by atoms with Gasteiger partial charge in [0, 0.05) is 16.9 Å². The van der Waals surface area contributed by atoms with Gasteiger partial charge in [-0.3, -0.25) is 4.79 Å². The van der Waals surface area contributed by atoms with Crippen molar-refractivity contribution in [2.24, 2.45) is 5.73 Å². The maximum atomic E-state index is 11.6. The molecule has 0 aliphatic rings. The van der Waals surface area contributed by atoms with Crippen molar-refractivity contribution >= 4 is 27.5 Å². The number of anilines is 1. The highest BCUT2D eigenvalue weighted by Crippen LogP contribution is 2.20. The van der Waals surface area contributed by atoms with Gasteiger partial charge in [0.2, 0.25) is 5.91 Å². The fourth-order valence-electron chi connectivity index (χ4n) is 1.30. The fourth-order valence-corrected chi connectivity index (χ4v) is 1.66. The summed E-state index contributed by atoms with van der Waals surface area (Å²) in [5.74, 6) is -0.168. The zero-order valence-electron chi connectivity index (χ0n) is 9.53. The second kappa shape index (κ2) is 6.38. The van der Waals surface area contributed by atoms with Gasteiger partial charge in [0.15, 0.2) is 0 Å². The van der Waals surface area contributed by atoms with E-state index in [4.69, 9.17) is 11.0 Å². The van der Waals surface area contributed by atoms with Crippen LogP contribution in [0.3, 0.4) is 0 Å². The van der Waals surface area contributed by atoms with Crippen LogP contribution in [0.4, 0.5) is 5.69 Å². The number of carbonyl (C=O) groups excluding carboxylic acids is 1. The summed E-state index contributed by atoms with van der Waals surface area (Å²) in [7, 11) is 0. The SMILES string of the molecule is CCC(N)CC(=O)Nc1ccc(Br)cc1C#N. The monoisotopic (exact) mass is 295 g/mol. The molecule has 17 heavy (non-hydrogen) atoms. The first-order valence-electron chi connectivity index (χ1n) is 5.32. The third-order valence-corrected chi connectivity index (χ3v) is 2.84. The molecule has 4 nitrogen and oxygen atoms in total. The predicted octanol–water partition coefficient (Wildman–Crippen LogP) is 2.39. The molecule has 0 aliphatic heterocycles. The smallest absolute Gasteiger partial charge is 0.225 e. The normalized spacial score (nSPS) is 11.6. The Morgan fingerprint density at radius 1 is 1.65 bits per heavy atom. The lowest BCUT2D eigenvalue weighted by atomic mass is 10.1. The summed E-state index contributed by atoms with van der Waals surface area (Å²) in [5, 5.41) is 11.6. The number of nitrogens with two attached hydrogens (primary N) is 1. The largest absolute Gasteiger partial charge is 0.327 e. The van der Waals surface area contributed by atoms with Crippen molar-refractivity contribution < 1.29 is 4.79 Å². The van der Waals surface area contributed by atoms with E-state index in [-0.39, 0.29) is 18.4 Å². The van der Waals surface area contributed by atoms with Crippen LogP contribution in [0.15, 0.2) is 22.7 Å². The zero-order valence-corrected chi connectivity index (χ0v) is 11.1. The minimum atomic E-state index is -0.168. The van der Waals surface area contributed by atoms with E-state index in [0.717, 1.165) is 10.9 Å². The van der Waals surface area contributed by atoms with Crippen LogP contribution in [-0.4, -0.2) is 11.9 Å². The Morgan fingerprint density at radius 2 is 2.35 bits per heavy atom. The van der Waals surface area contributed by atoms with Crippen LogP contribution < -0.4 is 11.1 Å². The molecule has 0 spiro atoms. The van der Waals surface area contributed by atoms with Gasteiger partial charge in [-0.25, -0.2) is 0 Å². The minimum Gasteiger partial charge on any atom is -0.327 e. The van der Waals surface area contributed by atoms with Crippen LogP contribution in [0.25, 0.3) is 0 Å². The maximum Gasteiger partial charge on any atom is 0.225 e. The molecule has 0 radical (unpaired) electrons. The Labute approximate surface area is 109 Å². The quantitative estimate of drug-likeness (QED) is 0.895. The molecule has 0 bridgehead atoms. The van der Waals surface area contributed by atoms with Crippen molar-refractivity contribution in [3.63, 3.8) is 0 Å². The number of nitrogens with zero attached hydrogens (tertiary/aromatic N) is 1.